The molecule has 0 saturated carbocycles. The number of rotatable bonds is 6. The van der Waals surface area contributed by atoms with Crippen molar-refractivity contribution in [3.05, 3.63) is 35.9 Å². The van der Waals surface area contributed by atoms with Crippen LogP contribution in [0.4, 0.5) is 0 Å². The number of benzene rings is 1. The number of hydrogen-bond donors (Lipinski definition) is 2. The maximum absolute atomic E-state index is 11.1. The normalized spacial score (nSPS) is 13.4. The molecule has 0 spiro atoms. The molecule has 0 fully saturated rings. The Morgan fingerprint density at radius 3 is 2.35 bits per heavy atom. The minimum atomic E-state index is -0.801. The maximum Gasteiger partial charge on any atom is 0.306 e. The maximum atomic E-state index is 11.1. The summed E-state index contributed by atoms with van der Waals surface area (Å²) in [5, 5.41) is 18.8. The number of aliphatic carboxylic acids is 1. The van der Waals surface area contributed by atoms with Crippen LogP contribution in [-0.2, 0) is 11.2 Å². The molecule has 0 aliphatic carbocycles. The van der Waals surface area contributed by atoms with E-state index in [-0.39, 0.29) is 0 Å². The van der Waals surface area contributed by atoms with E-state index in [9.17, 15) is 9.90 Å². The van der Waals surface area contributed by atoms with Gasteiger partial charge in [-0.1, -0.05) is 30.3 Å². The first-order chi connectivity index (χ1) is 7.88. The van der Waals surface area contributed by atoms with Crippen LogP contribution in [-0.4, -0.2) is 21.8 Å². The topological polar surface area (TPSA) is 57.5 Å². The minimum absolute atomic E-state index is 0.427. The van der Waals surface area contributed by atoms with Crippen molar-refractivity contribution in [2.45, 2.75) is 38.7 Å². The Hall–Kier alpha value is -1.35. The van der Waals surface area contributed by atoms with Gasteiger partial charge in [-0.05, 0) is 38.7 Å². The van der Waals surface area contributed by atoms with E-state index in [1.165, 1.54) is 0 Å². The lowest BCUT2D eigenvalue weighted by Gasteiger charge is -2.20. The summed E-state index contributed by atoms with van der Waals surface area (Å²) in [6.07, 6.45) is 1.51. The first kappa shape index (κ1) is 13.7. The first-order valence-corrected chi connectivity index (χ1v) is 5.87. The molecule has 0 aliphatic heterocycles. The van der Waals surface area contributed by atoms with Crippen LogP contribution in [0.1, 0.15) is 32.3 Å². The van der Waals surface area contributed by atoms with Crippen molar-refractivity contribution >= 4 is 5.97 Å². The minimum Gasteiger partial charge on any atom is -0.481 e. The molecule has 17 heavy (non-hydrogen) atoms. The van der Waals surface area contributed by atoms with Gasteiger partial charge in [-0.15, -0.1) is 0 Å². The van der Waals surface area contributed by atoms with Crippen molar-refractivity contribution < 1.29 is 15.0 Å². The summed E-state index contributed by atoms with van der Waals surface area (Å²) in [5.41, 5.74) is 0.223. The van der Waals surface area contributed by atoms with E-state index < -0.39 is 17.5 Å². The number of carboxylic acids is 1. The van der Waals surface area contributed by atoms with Crippen molar-refractivity contribution in [2.24, 2.45) is 5.92 Å². The van der Waals surface area contributed by atoms with Gasteiger partial charge < -0.3 is 10.2 Å². The molecular formula is C14H20O3. The summed E-state index contributed by atoms with van der Waals surface area (Å²) in [4.78, 5) is 11.1. The van der Waals surface area contributed by atoms with E-state index in [1.807, 2.05) is 30.3 Å². The molecule has 0 aliphatic rings. The Labute approximate surface area is 102 Å². The van der Waals surface area contributed by atoms with Gasteiger partial charge in [0, 0.05) is 0 Å². The van der Waals surface area contributed by atoms with Gasteiger partial charge in [0.05, 0.1) is 11.5 Å². The Morgan fingerprint density at radius 1 is 1.29 bits per heavy atom. The van der Waals surface area contributed by atoms with Gasteiger partial charge >= 0.3 is 5.97 Å². The number of carboxylic acid groups (broad SMARTS) is 1. The van der Waals surface area contributed by atoms with Crippen LogP contribution < -0.4 is 0 Å². The standard InChI is InChI=1S/C14H20O3/c1-14(2,17)9-8-12(13(15)16)10-11-6-4-3-5-7-11/h3-7,12,17H,8-10H2,1-2H3,(H,15,16). The summed E-state index contributed by atoms with van der Waals surface area (Å²) >= 11 is 0. The van der Waals surface area contributed by atoms with Gasteiger partial charge in [-0.3, -0.25) is 4.79 Å². The van der Waals surface area contributed by atoms with Crippen LogP contribution in [0.3, 0.4) is 0 Å². The molecular weight excluding hydrogens is 216 g/mol. The van der Waals surface area contributed by atoms with Crippen molar-refractivity contribution in [3.63, 3.8) is 0 Å². The lowest BCUT2D eigenvalue weighted by molar-refractivity contribution is -0.142. The average molecular weight is 236 g/mol. The van der Waals surface area contributed by atoms with E-state index in [0.29, 0.717) is 19.3 Å². The highest BCUT2D eigenvalue weighted by atomic mass is 16.4. The summed E-state index contributed by atoms with van der Waals surface area (Å²) in [7, 11) is 0. The second-order valence-electron chi connectivity index (χ2n) is 5.08. The molecule has 3 nitrogen and oxygen atoms in total. The second-order valence-corrected chi connectivity index (χ2v) is 5.08. The van der Waals surface area contributed by atoms with Crippen molar-refractivity contribution in [3.8, 4) is 0 Å². The molecule has 0 heterocycles. The Balaban J connectivity index is 2.59. The SMILES string of the molecule is CC(C)(O)CCC(Cc1ccccc1)C(=O)O. The highest BCUT2D eigenvalue weighted by Crippen LogP contribution is 2.19. The zero-order valence-electron chi connectivity index (χ0n) is 10.4. The summed E-state index contributed by atoms with van der Waals surface area (Å²) in [6, 6.07) is 9.59. The van der Waals surface area contributed by atoms with Crippen LogP contribution >= 0.6 is 0 Å². The number of carbonyl (C=O) groups is 1. The van der Waals surface area contributed by atoms with Gasteiger partial charge in [0.15, 0.2) is 0 Å². The molecule has 2 N–H and O–H groups in total. The van der Waals surface area contributed by atoms with Gasteiger partial charge in [0.2, 0.25) is 0 Å². The molecule has 1 atom stereocenters. The third-order valence-electron chi connectivity index (χ3n) is 2.78. The summed E-state index contributed by atoms with van der Waals surface area (Å²) in [5.74, 6) is -1.22. The Kier molecular flexibility index (Phi) is 4.70. The third kappa shape index (κ3) is 5.50. The monoisotopic (exact) mass is 236 g/mol. The van der Waals surface area contributed by atoms with Crippen LogP contribution in [0.2, 0.25) is 0 Å². The van der Waals surface area contributed by atoms with Crippen LogP contribution in [0, 0.1) is 5.92 Å². The van der Waals surface area contributed by atoms with Gasteiger partial charge in [0.25, 0.3) is 0 Å². The first-order valence-electron chi connectivity index (χ1n) is 5.87. The molecule has 0 bridgehead atoms. The predicted molar refractivity (Wildman–Crippen MR) is 66.8 cm³/mol. The van der Waals surface area contributed by atoms with E-state index in [2.05, 4.69) is 0 Å². The Bertz CT molecular complexity index is 351. The lowest BCUT2D eigenvalue weighted by Crippen LogP contribution is -2.24. The number of aliphatic hydroxyl groups is 1. The van der Waals surface area contributed by atoms with Crippen molar-refractivity contribution in [1.29, 1.82) is 0 Å². The molecule has 1 rings (SSSR count). The molecule has 94 valence electrons. The highest BCUT2D eigenvalue weighted by molar-refractivity contribution is 5.70. The second kappa shape index (κ2) is 5.82. The van der Waals surface area contributed by atoms with Gasteiger partial charge in [-0.25, -0.2) is 0 Å². The fraction of sp³-hybridized carbons (Fsp3) is 0.500. The smallest absolute Gasteiger partial charge is 0.306 e. The molecule has 0 amide bonds. The third-order valence-corrected chi connectivity index (χ3v) is 2.78. The van der Waals surface area contributed by atoms with Gasteiger partial charge in [0.1, 0.15) is 0 Å². The zero-order chi connectivity index (χ0) is 12.9. The largest absolute Gasteiger partial charge is 0.481 e. The summed E-state index contributed by atoms with van der Waals surface area (Å²) in [6.45, 7) is 3.41. The lowest BCUT2D eigenvalue weighted by atomic mass is 9.90. The van der Waals surface area contributed by atoms with E-state index >= 15 is 0 Å². The number of hydrogen-bond acceptors (Lipinski definition) is 2. The van der Waals surface area contributed by atoms with Crippen LogP contribution in [0.15, 0.2) is 30.3 Å². The fourth-order valence-corrected chi connectivity index (χ4v) is 1.74. The summed E-state index contributed by atoms with van der Waals surface area (Å²) < 4.78 is 0. The van der Waals surface area contributed by atoms with E-state index in [0.717, 1.165) is 5.56 Å². The molecule has 1 aromatic carbocycles. The van der Waals surface area contributed by atoms with E-state index in [4.69, 9.17) is 5.11 Å². The Morgan fingerprint density at radius 2 is 1.88 bits per heavy atom. The molecule has 0 saturated heterocycles. The molecule has 1 aromatic rings. The molecule has 3 heteroatoms. The van der Waals surface area contributed by atoms with Crippen molar-refractivity contribution in [1.82, 2.24) is 0 Å². The van der Waals surface area contributed by atoms with Crippen LogP contribution in [0.5, 0.6) is 0 Å². The molecule has 1 unspecified atom stereocenters. The molecule has 0 aromatic heterocycles. The molecule has 0 radical (unpaired) electrons. The quantitative estimate of drug-likeness (QED) is 0.797. The zero-order valence-corrected chi connectivity index (χ0v) is 10.4. The van der Waals surface area contributed by atoms with Crippen LogP contribution in [0.25, 0.3) is 0 Å². The average Bonchev–Trinajstić information content (AvgIpc) is 2.24. The highest BCUT2D eigenvalue weighted by Gasteiger charge is 2.22. The van der Waals surface area contributed by atoms with Gasteiger partial charge in [-0.2, -0.15) is 0 Å². The van der Waals surface area contributed by atoms with E-state index in [1.54, 1.807) is 13.8 Å². The predicted octanol–water partition coefficient (Wildman–Crippen LogP) is 2.48. The van der Waals surface area contributed by atoms with Crippen molar-refractivity contribution in [2.75, 3.05) is 0 Å². The fourth-order valence-electron chi connectivity index (χ4n) is 1.74.